The van der Waals surface area contributed by atoms with Crippen molar-refractivity contribution in [2.45, 2.75) is 32.8 Å². The van der Waals surface area contributed by atoms with Crippen LogP contribution in [0.25, 0.3) is 0 Å². The molecule has 1 aromatic rings. The molecular weight excluding hydrogens is 274 g/mol. The fourth-order valence-corrected chi connectivity index (χ4v) is 2.18. The van der Waals surface area contributed by atoms with Crippen LogP contribution in [-0.4, -0.2) is 35.1 Å². The SMILES string of the molecule is CCOCc1nc(NN)cc(NCCCCCSC)n1. The van der Waals surface area contributed by atoms with Crippen LogP contribution in [0.1, 0.15) is 32.0 Å². The second kappa shape index (κ2) is 10.7. The topological polar surface area (TPSA) is 85.1 Å². The van der Waals surface area contributed by atoms with E-state index in [0.29, 0.717) is 24.9 Å². The van der Waals surface area contributed by atoms with Gasteiger partial charge in [-0.1, -0.05) is 6.42 Å². The van der Waals surface area contributed by atoms with Gasteiger partial charge in [0, 0.05) is 19.2 Å². The summed E-state index contributed by atoms with van der Waals surface area (Å²) in [6.07, 6.45) is 5.77. The summed E-state index contributed by atoms with van der Waals surface area (Å²) in [4.78, 5) is 8.65. The highest BCUT2D eigenvalue weighted by Gasteiger charge is 2.03. The van der Waals surface area contributed by atoms with Gasteiger partial charge in [0.2, 0.25) is 0 Å². The van der Waals surface area contributed by atoms with E-state index in [1.54, 1.807) is 6.07 Å². The van der Waals surface area contributed by atoms with E-state index < -0.39 is 0 Å². The monoisotopic (exact) mass is 299 g/mol. The largest absolute Gasteiger partial charge is 0.374 e. The highest BCUT2D eigenvalue weighted by Crippen LogP contribution is 2.11. The number of ether oxygens (including phenoxy) is 1. The fourth-order valence-electron chi connectivity index (χ4n) is 1.68. The van der Waals surface area contributed by atoms with Gasteiger partial charge in [-0.3, -0.25) is 0 Å². The van der Waals surface area contributed by atoms with Crippen LogP contribution in [0.4, 0.5) is 11.6 Å². The van der Waals surface area contributed by atoms with E-state index in [9.17, 15) is 0 Å². The van der Waals surface area contributed by atoms with E-state index >= 15 is 0 Å². The molecule has 0 bridgehead atoms. The summed E-state index contributed by atoms with van der Waals surface area (Å²) < 4.78 is 5.32. The van der Waals surface area contributed by atoms with Crippen molar-refractivity contribution in [2.24, 2.45) is 5.84 Å². The van der Waals surface area contributed by atoms with Crippen molar-refractivity contribution in [1.29, 1.82) is 0 Å². The molecule has 0 aliphatic heterocycles. The first-order chi connectivity index (χ1) is 9.80. The number of rotatable bonds is 11. The zero-order chi connectivity index (χ0) is 14.6. The molecule has 1 heterocycles. The first kappa shape index (κ1) is 17.0. The Morgan fingerprint density at radius 3 is 2.75 bits per heavy atom. The van der Waals surface area contributed by atoms with Gasteiger partial charge in [-0.25, -0.2) is 15.8 Å². The summed E-state index contributed by atoms with van der Waals surface area (Å²) in [5, 5.41) is 3.30. The van der Waals surface area contributed by atoms with Crippen LogP contribution >= 0.6 is 11.8 Å². The molecule has 0 radical (unpaired) electrons. The summed E-state index contributed by atoms with van der Waals surface area (Å²) in [6.45, 7) is 3.89. The molecule has 6 nitrogen and oxygen atoms in total. The molecule has 20 heavy (non-hydrogen) atoms. The molecule has 114 valence electrons. The highest BCUT2D eigenvalue weighted by atomic mass is 32.2. The van der Waals surface area contributed by atoms with Crippen LogP contribution in [0, 0.1) is 0 Å². The quantitative estimate of drug-likeness (QED) is 0.328. The van der Waals surface area contributed by atoms with Crippen molar-refractivity contribution in [1.82, 2.24) is 9.97 Å². The fraction of sp³-hybridized carbons (Fsp3) is 0.692. The molecule has 1 rings (SSSR count). The van der Waals surface area contributed by atoms with Crippen LogP contribution in [-0.2, 0) is 11.3 Å². The third-order valence-corrected chi connectivity index (χ3v) is 3.38. The predicted octanol–water partition coefficient (Wildman–Crippen LogP) is 2.24. The molecule has 0 aliphatic rings. The van der Waals surface area contributed by atoms with Gasteiger partial charge in [0.15, 0.2) is 5.82 Å². The van der Waals surface area contributed by atoms with Crippen LogP contribution in [0.3, 0.4) is 0 Å². The van der Waals surface area contributed by atoms with Crippen molar-refractivity contribution in [3.63, 3.8) is 0 Å². The van der Waals surface area contributed by atoms with E-state index in [-0.39, 0.29) is 0 Å². The standard InChI is InChI=1S/C13H25N5OS/c1-3-19-10-13-16-11(9-12(17-13)18-14)15-7-5-4-6-8-20-2/h9H,3-8,10,14H2,1-2H3,(H2,15,16,17,18). The van der Waals surface area contributed by atoms with Crippen molar-refractivity contribution >= 4 is 23.4 Å². The number of nitrogen functional groups attached to an aromatic ring is 1. The molecule has 1 aromatic heterocycles. The lowest BCUT2D eigenvalue weighted by Crippen LogP contribution is -2.13. The van der Waals surface area contributed by atoms with Gasteiger partial charge < -0.3 is 15.5 Å². The first-order valence-electron chi connectivity index (χ1n) is 6.95. The summed E-state index contributed by atoms with van der Waals surface area (Å²) in [7, 11) is 0. The molecule has 4 N–H and O–H groups in total. The molecule has 0 saturated carbocycles. The number of nitrogens with one attached hydrogen (secondary N) is 2. The average Bonchev–Trinajstić information content (AvgIpc) is 2.48. The van der Waals surface area contributed by atoms with Crippen LogP contribution in [0.5, 0.6) is 0 Å². The zero-order valence-electron chi connectivity index (χ0n) is 12.3. The van der Waals surface area contributed by atoms with E-state index in [4.69, 9.17) is 10.6 Å². The Bertz CT molecular complexity index is 378. The molecule has 0 aliphatic carbocycles. The Morgan fingerprint density at radius 2 is 2.05 bits per heavy atom. The minimum Gasteiger partial charge on any atom is -0.374 e. The third-order valence-electron chi connectivity index (χ3n) is 2.69. The maximum Gasteiger partial charge on any atom is 0.158 e. The lowest BCUT2D eigenvalue weighted by atomic mass is 10.2. The second-order valence-corrected chi connectivity index (χ2v) is 5.30. The number of hydrogen-bond donors (Lipinski definition) is 3. The highest BCUT2D eigenvalue weighted by molar-refractivity contribution is 7.98. The van der Waals surface area contributed by atoms with E-state index in [1.165, 1.54) is 18.6 Å². The van der Waals surface area contributed by atoms with Crippen LogP contribution in [0.15, 0.2) is 6.07 Å². The lowest BCUT2D eigenvalue weighted by Gasteiger charge is -2.09. The number of hydrazine groups is 1. The molecule has 0 aromatic carbocycles. The molecule has 0 saturated heterocycles. The predicted molar refractivity (Wildman–Crippen MR) is 85.9 cm³/mol. The minimum absolute atomic E-state index is 0.397. The van der Waals surface area contributed by atoms with E-state index in [0.717, 1.165) is 18.8 Å². The van der Waals surface area contributed by atoms with Gasteiger partial charge in [-0.05, 0) is 31.8 Å². The summed E-state index contributed by atoms with van der Waals surface area (Å²) in [6, 6.07) is 1.80. The first-order valence-corrected chi connectivity index (χ1v) is 8.34. The molecule has 7 heteroatoms. The molecule has 0 unspecified atom stereocenters. The van der Waals surface area contributed by atoms with Crippen LogP contribution < -0.4 is 16.6 Å². The average molecular weight is 299 g/mol. The number of anilines is 2. The minimum atomic E-state index is 0.397. The number of unbranched alkanes of at least 4 members (excludes halogenated alkanes) is 2. The second-order valence-electron chi connectivity index (χ2n) is 4.32. The lowest BCUT2D eigenvalue weighted by molar-refractivity contribution is 0.128. The van der Waals surface area contributed by atoms with Gasteiger partial charge in [0.05, 0.1) is 0 Å². The van der Waals surface area contributed by atoms with Gasteiger partial charge in [-0.2, -0.15) is 11.8 Å². The molecule has 0 fully saturated rings. The number of hydrogen-bond acceptors (Lipinski definition) is 7. The molecular formula is C13H25N5OS. The van der Waals surface area contributed by atoms with E-state index in [2.05, 4.69) is 27.0 Å². The smallest absolute Gasteiger partial charge is 0.158 e. The Hall–Kier alpha value is -1.05. The molecule has 0 amide bonds. The number of aromatic nitrogens is 2. The molecule has 0 atom stereocenters. The third kappa shape index (κ3) is 6.93. The van der Waals surface area contributed by atoms with Crippen molar-refractivity contribution in [2.75, 3.05) is 35.9 Å². The number of thioether (sulfide) groups is 1. The van der Waals surface area contributed by atoms with Gasteiger partial charge >= 0.3 is 0 Å². The maximum absolute atomic E-state index is 5.41. The Balaban J connectivity index is 2.42. The summed E-state index contributed by atoms with van der Waals surface area (Å²) >= 11 is 1.89. The number of nitrogens with two attached hydrogens (primary N) is 1. The van der Waals surface area contributed by atoms with Gasteiger partial charge in [0.1, 0.15) is 18.2 Å². The van der Waals surface area contributed by atoms with Gasteiger partial charge in [-0.15, -0.1) is 0 Å². The van der Waals surface area contributed by atoms with Crippen molar-refractivity contribution in [3.05, 3.63) is 11.9 Å². The van der Waals surface area contributed by atoms with Crippen LogP contribution in [0.2, 0.25) is 0 Å². The Kier molecular flexibility index (Phi) is 9.10. The van der Waals surface area contributed by atoms with Gasteiger partial charge in [0.25, 0.3) is 0 Å². The zero-order valence-corrected chi connectivity index (χ0v) is 13.1. The Morgan fingerprint density at radius 1 is 1.25 bits per heavy atom. The van der Waals surface area contributed by atoms with Crippen molar-refractivity contribution in [3.8, 4) is 0 Å². The summed E-state index contributed by atoms with van der Waals surface area (Å²) in [5.41, 5.74) is 2.55. The molecule has 0 spiro atoms. The van der Waals surface area contributed by atoms with E-state index in [1.807, 2.05) is 18.7 Å². The van der Waals surface area contributed by atoms with Crippen molar-refractivity contribution < 1.29 is 4.74 Å². The Labute approximate surface area is 125 Å². The summed E-state index contributed by atoms with van der Waals surface area (Å²) in [5.74, 6) is 8.66. The number of nitrogens with zero attached hydrogens (tertiary/aromatic N) is 2. The normalized spacial score (nSPS) is 10.6. The maximum atomic E-state index is 5.41.